The molecule has 8 heteroatoms. The molecule has 0 radical (unpaired) electrons. The first kappa shape index (κ1) is 27.1. The first-order chi connectivity index (χ1) is 19.2. The lowest BCUT2D eigenvalue weighted by Gasteiger charge is -2.24. The van der Waals surface area contributed by atoms with E-state index < -0.39 is 5.76 Å². The summed E-state index contributed by atoms with van der Waals surface area (Å²) in [5.41, 5.74) is 6.42. The van der Waals surface area contributed by atoms with Crippen LogP contribution in [-0.2, 0) is 12.8 Å². The van der Waals surface area contributed by atoms with Gasteiger partial charge in [0.2, 0.25) is 0 Å². The minimum absolute atomic E-state index is 0.0370. The van der Waals surface area contributed by atoms with Crippen LogP contribution in [0.3, 0.4) is 0 Å². The Morgan fingerprint density at radius 1 is 1.07 bits per heavy atom. The number of nitrogens with one attached hydrogen (secondary N) is 1. The monoisotopic (exact) mass is 538 g/mol. The van der Waals surface area contributed by atoms with Gasteiger partial charge in [-0.05, 0) is 74.9 Å². The van der Waals surface area contributed by atoms with E-state index in [0.29, 0.717) is 24.5 Å². The molecule has 1 atom stereocenters. The van der Waals surface area contributed by atoms with Gasteiger partial charge in [-0.25, -0.2) is 9.78 Å². The molecular formula is C32H34N4O4. The number of aromatic nitrogens is 4. The largest absolute Gasteiger partial charge is 0.491 e. The second-order valence-corrected chi connectivity index (χ2v) is 10.4. The molecule has 1 N–H and O–H groups in total. The maximum atomic E-state index is 13.9. The Balaban J connectivity index is 1.49. The highest BCUT2D eigenvalue weighted by Gasteiger charge is 2.23. The van der Waals surface area contributed by atoms with Crippen LogP contribution in [0.4, 0.5) is 0 Å². The molecule has 2 heterocycles. The van der Waals surface area contributed by atoms with Crippen molar-refractivity contribution in [2.24, 2.45) is 5.92 Å². The van der Waals surface area contributed by atoms with Gasteiger partial charge in [0.05, 0.1) is 17.5 Å². The lowest BCUT2D eigenvalue weighted by Crippen LogP contribution is -2.29. The summed E-state index contributed by atoms with van der Waals surface area (Å²) in [7, 11) is 0. The summed E-state index contributed by atoms with van der Waals surface area (Å²) in [6, 6.07) is 15.4. The van der Waals surface area contributed by atoms with Crippen molar-refractivity contribution in [3.8, 4) is 22.8 Å². The third kappa shape index (κ3) is 5.47. The van der Waals surface area contributed by atoms with Crippen LogP contribution in [0.1, 0.15) is 56.8 Å². The van der Waals surface area contributed by atoms with Crippen LogP contribution in [0.25, 0.3) is 22.6 Å². The lowest BCUT2D eigenvalue weighted by atomic mass is 9.82. The fraction of sp³-hybridized carbons (Fsp3) is 0.312. The summed E-state index contributed by atoms with van der Waals surface area (Å²) in [5, 5.41) is 3.88. The summed E-state index contributed by atoms with van der Waals surface area (Å²) < 4.78 is 12.2. The molecule has 2 aromatic heterocycles. The Morgan fingerprint density at radius 3 is 2.42 bits per heavy atom. The highest BCUT2D eigenvalue weighted by atomic mass is 16.5. The number of allylic oxidation sites excluding steroid dienone is 4. The minimum atomic E-state index is -0.582. The van der Waals surface area contributed by atoms with E-state index in [1.54, 1.807) is 4.57 Å². The van der Waals surface area contributed by atoms with Gasteiger partial charge in [-0.2, -0.15) is 0 Å². The van der Waals surface area contributed by atoms with Crippen LogP contribution in [-0.4, -0.2) is 25.8 Å². The van der Waals surface area contributed by atoms with Crippen molar-refractivity contribution in [1.82, 2.24) is 19.7 Å². The third-order valence-corrected chi connectivity index (χ3v) is 7.24. The van der Waals surface area contributed by atoms with Gasteiger partial charge in [-0.3, -0.25) is 18.9 Å². The first-order valence-electron chi connectivity index (χ1n) is 13.7. The summed E-state index contributed by atoms with van der Waals surface area (Å²) in [5.74, 6) is 1.46. The predicted molar refractivity (Wildman–Crippen MR) is 156 cm³/mol. The molecule has 1 aliphatic rings. The summed E-state index contributed by atoms with van der Waals surface area (Å²) >= 11 is 0. The van der Waals surface area contributed by atoms with E-state index in [9.17, 15) is 9.59 Å². The van der Waals surface area contributed by atoms with E-state index in [4.69, 9.17) is 14.2 Å². The Labute approximate surface area is 233 Å². The molecule has 0 bridgehead atoms. The van der Waals surface area contributed by atoms with Crippen molar-refractivity contribution in [3.63, 3.8) is 0 Å². The molecule has 0 saturated carbocycles. The number of benzene rings is 2. The van der Waals surface area contributed by atoms with Gasteiger partial charge in [0.1, 0.15) is 11.6 Å². The predicted octanol–water partition coefficient (Wildman–Crippen LogP) is 5.83. The molecule has 4 aromatic rings. The van der Waals surface area contributed by atoms with Gasteiger partial charge in [-0.15, -0.1) is 0 Å². The fourth-order valence-electron chi connectivity index (χ4n) is 5.29. The number of aryl methyl sites for hydroxylation is 2. The molecule has 0 saturated heterocycles. The summed E-state index contributed by atoms with van der Waals surface area (Å²) in [6.07, 6.45) is 6.30. The van der Waals surface area contributed by atoms with E-state index >= 15 is 0 Å². The summed E-state index contributed by atoms with van der Waals surface area (Å²) in [6.45, 7) is 10.1. The number of rotatable bonds is 8. The van der Waals surface area contributed by atoms with Crippen LogP contribution >= 0.6 is 0 Å². The van der Waals surface area contributed by atoms with Crippen molar-refractivity contribution in [1.29, 1.82) is 0 Å². The second kappa shape index (κ2) is 11.3. The highest BCUT2D eigenvalue weighted by molar-refractivity contribution is 5.80. The Kier molecular flexibility index (Phi) is 7.69. The molecule has 40 heavy (non-hydrogen) atoms. The average molecular weight is 539 g/mol. The molecule has 0 fully saturated rings. The maximum Gasteiger partial charge on any atom is 0.439 e. The Hall–Kier alpha value is -4.46. The van der Waals surface area contributed by atoms with Crippen LogP contribution in [0.2, 0.25) is 0 Å². The molecular weight excluding hydrogens is 504 g/mol. The van der Waals surface area contributed by atoms with E-state index in [1.165, 1.54) is 5.57 Å². The normalized spacial score (nSPS) is 15.2. The van der Waals surface area contributed by atoms with Crippen LogP contribution in [0.15, 0.2) is 80.4 Å². The Bertz CT molecular complexity index is 1700. The number of hydrogen-bond donors (Lipinski definition) is 1. The van der Waals surface area contributed by atoms with Crippen molar-refractivity contribution in [2.45, 2.75) is 60.0 Å². The first-order valence-corrected chi connectivity index (χ1v) is 13.7. The zero-order valence-electron chi connectivity index (χ0n) is 23.5. The fourth-order valence-corrected chi connectivity index (χ4v) is 5.29. The molecule has 206 valence electrons. The molecule has 1 unspecified atom stereocenters. The van der Waals surface area contributed by atoms with Crippen LogP contribution in [0.5, 0.6) is 5.75 Å². The molecule has 8 nitrogen and oxygen atoms in total. The van der Waals surface area contributed by atoms with Gasteiger partial charge in [-0.1, -0.05) is 61.0 Å². The van der Waals surface area contributed by atoms with Crippen molar-refractivity contribution in [3.05, 3.63) is 110 Å². The number of nitrogens with zero attached hydrogens (tertiary/aromatic N) is 3. The number of ether oxygens (including phenoxy) is 1. The molecule has 0 amide bonds. The molecule has 0 spiro atoms. The second-order valence-electron chi connectivity index (χ2n) is 10.4. The van der Waals surface area contributed by atoms with Gasteiger partial charge in [0.25, 0.3) is 5.56 Å². The van der Waals surface area contributed by atoms with Crippen molar-refractivity contribution >= 4 is 5.57 Å². The quantitative estimate of drug-likeness (QED) is 0.303. The van der Waals surface area contributed by atoms with Crippen LogP contribution < -0.4 is 16.1 Å². The lowest BCUT2D eigenvalue weighted by molar-refractivity contribution is 0.242. The van der Waals surface area contributed by atoms with Crippen molar-refractivity contribution in [2.75, 3.05) is 0 Å². The van der Waals surface area contributed by atoms with E-state index in [-0.39, 0.29) is 17.6 Å². The van der Waals surface area contributed by atoms with E-state index in [1.807, 2.05) is 76.2 Å². The van der Waals surface area contributed by atoms with Crippen LogP contribution in [0, 0.1) is 12.8 Å². The number of hydrogen-bond acceptors (Lipinski definition) is 6. The molecule has 2 aromatic carbocycles. The topological polar surface area (TPSA) is 103 Å². The number of H-pyrrole nitrogens is 1. The zero-order valence-corrected chi connectivity index (χ0v) is 23.5. The average Bonchev–Trinajstić information content (AvgIpc) is 3.37. The van der Waals surface area contributed by atoms with Gasteiger partial charge in [0, 0.05) is 17.5 Å². The van der Waals surface area contributed by atoms with Gasteiger partial charge >= 0.3 is 5.76 Å². The van der Waals surface area contributed by atoms with E-state index in [0.717, 1.165) is 45.8 Å². The molecule has 0 aliphatic heterocycles. The maximum absolute atomic E-state index is 13.9. The standard InChI is InChI=1S/C32H34N4O4/c1-6-29-28(31(37)36(21(5)33-29)24-13-15-25(16-14-24)39-19(2)3)18-22-11-12-23(17-20(22)4)26-9-7-8-10-27(26)30-34-32(38)40-35-30/h7-16,19-20H,6,17-18H2,1-5H3,(H,34,35,38). The zero-order chi connectivity index (χ0) is 28.4. The van der Waals surface area contributed by atoms with Crippen molar-refractivity contribution < 1.29 is 9.26 Å². The van der Waals surface area contributed by atoms with Gasteiger partial charge < -0.3 is 4.74 Å². The van der Waals surface area contributed by atoms with E-state index in [2.05, 4.69) is 29.2 Å². The summed E-state index contributed by atoms with van der Waals surface area (Å²) in [4.78, 5) is 32.9. The number of aromatic amines is 1. The third-order valence-electron chi connectivity index (χ3n) is 7.24. The molecule has 5 rings (SSSR count). The Morgan fingerprint density at radius 2 is 1.80 bits per heavy atom. The molecule has 1 aliphatic carbocycles. The smallest absolute Gasteiger partial charge is 0.439 e. The van der Waals surface area contributed by atoms with Gasteiger partial charge in [0.15, 0.2) is 5.82 Å². The highest BCUT2D eigenvalue weighted by Crippen LogP contribution is 2.36. The minimum Gasteiger partial charge on any atom is -0.491 e. The SMILES string of the molecule is CCc1nc(C)n(-c2ccc(OC(C)C)cc2)c(=O)c1CC1=CC=C(c2ccccc2-c2noc(=O)[nH]2)CC1C.